The van der Waals surface area contributed by atoms with E-state index in [9.17, 15) is 4.79 Å². The molecule has 1 fully saturated rings. The van der Waals surface area contributed by atoms with Crippen molar-refractivity contribution in [1.82, 2.24) is 9.97 Å². The molecule has 0 aliphatic heterocycles. The van der Waals surface area contributed by atoms with E-state index in [2.05, 4.69) is 20.6 Å². The van der Waals surface area contributed by atoms with Crippen molar-refractivity contribution in [2.45, 2.75) is 44.6 Å². The molecule has 3 rings (SSSR count). The molecule has 7 nitrogen and oxygen atoms in total. The normalized spacial score (nSPS) is 14.9. The molecule has 1 heterocycles. The number of anilines is 2. The number of benzene rings is 1. The molecule has 1 aliphatic carbocycles. The first-order valence-electron chi connectivity index (χ1n) is 9.31. The van der Waals surface area contributed by atoms with Crippen LogP contribution in [0.5, 0.6) is 11.5 Å². The topological polar surface area (TPSA) is 85.4 Å². The summed E-state index contributed by atoms with van der Waals surface area (Å²) in [5.41, 5.74) is 0.947. The van der Waals surface area contributed by atoms with Crippen LogP contribution in [0.2, 0.25) is 0 Å². The summed E-state index contributed by atoms with van der Waals surface area (Å²) in [6.07, 6.45) is 10.4. The molecule has 0 atom stereocenters. The Hall–Kier alpha value is -2.83. The van der Waals surface area contributed by atoms with Crippen LogP contribution in [0.3, 0.4) is 0 Å². The fourth-order valence-corrected chi connectivity index (χ4v) is 3.22. The van der Waals surface area contributed by atoms with Crippen molar-refractivity contribution in [3.05, 3.63) is 36.2 Å². The number of carbonyl (C=O) groups excluding carboxylic acids is 1. The lowest BCUT2D eigenvalue weighted by atomic mass is 10.1. The van der Waals surface area contributed by atoms with E-state index in [1.54, 1.807) is 32.4 Å². The summed E-state index contributed by atoms with van der Waals surface area (Å²) < 4.78 is 10.5. The van der Waals surface area contributed by atoms with E-state index >= 15 is 0 Å². The lowest BCUT2D eigenvalue weighted by Gasteiger charge is -2.16. The van der Waals surface area contributed by atoms with Crippen molar-refractivity contribution in [1.29, 1.82) is 0 Å². The minimum atomic E-state index is -0.292. The predicted octanol–water partition coefficient (Wildman–Crippen LogP) is 3.88. The van der Waals surface area contributed by atoms with Gasteiger partial charge in [0.25, 0.3) is 5.91 Å². The molecule has 2 N–H and O–H groups in total. The zero-order valence-electron chi connectivity index (χ0n) is 15.8. The molecule has 1 amide bonds. The summed E-state index contributed by atoms with van der Waals surface area (Å²) in [7, 11) is 3.12. The lowest BCUT2D eigenvalue weighted by molar-refractivity contribution is 0.102. The van der Waals surface area contributed by atoms with Gasteiger partial charge in [0.1, 0.15) is 11.5 Å². The summed E-state index contributed by atoms with van der Waals surface area (Å²) >= 11 is 0. The van der Waals surface area contributed by atoms with E-state index in [1.807, 2.05) is 0 Å². The molecular weight excluding hydrogens is 344 g/mol. The zero-order valence-corrected chi connectivity index (χ0v) is 15.8. The average Bonchev–Trinajstić information content (AvgIpc) is 2.97. The van der Waals surface area contributed by atoms with Gasteiger partial charge in [0.2, 0.25) is 5.95 Å². The van der Waals surface area contributed by atoms with E-state index in [0.29, 0.717) is 34.7 Å². The standard InChI is InChI=1S/C20H26N4O3/c1-26-16-9-10-17(18(11-16)27-2)24-19(25)14-12-21-20(22-13-14)23-15-7-5-3-4-6-8-15/h9-13,15H,3-8H2,1-2H3,(H,24,25)(H,21,22,23). The van der Waals surface area contributed by atoms with Crippen molar-refractivity contribution in [2.24, 2.45) is 0 Å². The maximum absolute atomic E-state index is 12.5. The number of hydrogen-bond acceptors (Lipinski definition) is 6. The maximum atomic E-state index is 12.5. The largest absolute Gasteiger partial charge is 0.497 e. The minimum absolute atomic E-state index is 0.292. The molecule has 0 unspecified atom stereocenters. The summed E-state index contributed by atoms with van der Waals surface area (Å²) in [5, 5.41) is 6.20. The molecule has 1 aliphatic rings. The van der Waals surface area contributed by atoms with Gasteiger partial charge in [-0.2, -0.15) is 0 Å². The third kappa shape index (κ3) is 5.09. The molecule has 0 bridgehead atoms. The number of rotatable bonds is 6. The summed E-state index contributed by atoms with van der Waals surface area (Å²) in [6, 6.07) is 5.62. The van der Waals surface area contributed by atoms with E-state index in [0.717, 1.165) is 12.8 Å². The third-order valence-corrected chi connectivity index (χ3v) is 4.76. The van der Waals surface area contributed by atoms with Crippen molar-refractivity contribution >= 4 is 17.5 Å². The SMILES string of the molecule is COc1ccc(NC(=O)c2cnc(NC3CCCCCC3)nc2)c(OC)c1. The second kappa shape index (κ2) is 9.21. The Morgan fingerprint density at radius 3 is 2.37 bits per heavy atom. The molecule has 1 aromatic carbocycles. The van der Waals surface area contributed by atoms with Crippen LogP contribution in [-0.4, -0.2) is 36.1 Å². The first-order chi connectivity index (χ1) is 13.2. The minimum Gasteiger partial charge on any atom is -0.497 e. The highest BCUT2D eigenvalue weighted by Gasteiger charge is 2.15. The molecule has 0 spiro atoms. The van der Waals surface area contributed by atoms with Gasteiger partial charge in [-0.3, -0.25) is 4.79 Å². The van der Waals surface area contributed by atoms with E-state index in [4.69, 9.17) is 9.47 Å². The first-order valence-corrected chi connectivity index (χ1v) is 9.31. The average molecular weight is 370 g/mol. The molecular formula is C20H26N4O3. The number of hydrogen-bond donors (Lipinski definition) is 2. The smallest absolute Gasteiger partial charge is 0.258 e. The van der Waals surface area contributed by atoms with Crippen molar-refractivity contribution in [3.8, 4) is 11.5 Å². The fourth-order valence-electron chi connectivity index (χ4n) is 3.22. The Morgan fingerprint density at radius 1 is 1.04 bits per heavy atom. The fraction of sp³-hybridized carbons (Fsp3) is 0.450. The molecule has 27 heavy (non-hydrogen) atoms. The highest BCUT2D eigenvalue weighted by Crippen LogP contribution is 2.29. The van der Waals surface area contributed by atoms with Gasteiger partial charge in [0.05, 0.1) is 25.5 Å². The van der Waals surface area contributed by atoms with Gasteiger partial charge in [0.15, 0.2) is 0 Å². The van der Waals surface area contributed by atoms with Gasteiger partial charge in [-0.1, -0.05) is 25.7 Å². The quantitative estimate of drug-likeness (QED) is 0.751. The van der Waals surface area contributed by atoms with Crippen molar-refractivity contribution < 1.29 is 14.3 Å². The number of nitrogens with zero attached hydrogens (tertiary/aromatic N) is 2. The number of nitrogens with one attached hydrogen (secondary N) is 2. The van der Waals surface area contributed by atoms with Crippen LogP contribution in [0.1, 0.15) is 48.9 Å². The lowest BCUT2D eigenvalue weighted by Crippen LogP contribution is -2.20. The van der Waals surface area contributed by atoms with E-state index in [-0.39, 0.29) is 5.91 Å². The van der Waals surface area contributed by atoms with Crippen LogP contribution in [0, 0.1) is 0 Å². The Labute approximate surface area is 159 Å². The zero-order chi connectivity index (χ0) is 19.1. The highest BCUT2D eigenvalue weighted by atomic mass is 16.5. The molecule has 1 saturated carbocycles. The summed E-state index contributed by atoms with van der Waals surface area (Å²) in [4.78, 5) is 21.1. The highest BCUT2D eigenvalue weighted by molar-refractivity contribution is 6.04. The predicted molar refractivity (Wildman–Crippen MR) is 105 cm³/mol. The molecule has 2 aromatic rings. The Morgan fingerprint density at radius 2 is 1.74 bits per heavy atom. The van der Waals surface area contributed by atoms with Crippen LogP contribution in [0.15, 0.2) is 30.6 Å². The molecule has 144 valence electrons. The second-order valence-corrected chi connectivity index (χ2v) is 6.65. The van der Waals surface area contributed by atoms with Crippen LogP contribution in [0.25, 0.3) is 0 Å². The first kappa shape index (κ1) is 18.9. The number of ether oxygens (including phenoxy) is 2. The third-order valence-electron chi connectivity index (χ3n) is 4.76. The van der Waals surface area contributed by atoms with Gasteiger partial charge in [-0.05, 0) is 25.0 Å². The Balaban J connectivity index is 1.63. The van der Waals surface area contributed by atoms with E-state index < -0.39 is 0 Å². The Kier molecular flexibility index (Phi) is 6.46. The molecule has 1 aromatic heterocycles. The molecule has 7 heteroatoms. The number of amides is 1. The Bertz CT molecular complexity index is 756. The van der Waals surface area contributed by atoms with Gasteiger partial charge >= 0.3 is 0 Å². The van der Waals surface area contributed by atoms with Crippen molar-refractivity contribution in [2.75, 3.05) is 24.9 Å². The number of aromatic nitrogens is 2. The molecule has 0 saturated heterocycles. The van der Waals surface area contributed by atoms with Crippen LogP contribution < -0.4 is 20.1 Å². The maximum Gasteiger partial charge on any atom is 0.258 e. The van der Waals surface area contributed by atoms with Gasteiger partial charge in [-0.25, -0.2) is 9.97 Å². The van der Waals surface area contributed by atoms with E-state index in [1.165, 1.54) is 38.1 Å². The summed E-state index contributed by atoms with van der Waals surface area (Å²) in [6.45, 7) is 0. The second-order valence-electron chi connectivity index (χ2n) is 6.65. The van der Waals surface area contributed by atoms with Crippen LogP contribution in [-0.2, 0) is 0 Å². The van der Waals surface area contributed by atoms with Crippen molar-refractivity contribution in [3.63, 3.8) is 0 Å². The van der Waals surface area contributed by atoms with Gasteiger partial charge < -0.3 is 20.1 Å². The van der Waals surface area contributed by atoms with Gasteiger partial charge in [-0.15, -0.1) is 0 Å². The number of methoxy groups -OCH3 is 2. The van der Waals surface area contributed by atoms with Gasteiger partial charge in [0, 0.05) is 24.5 Å². The van der Waals surface area contributed by atoms with Crippen LogP contribution in [0.4, 0.5) is 11.6 Å². The monoisotopic (exact) mass is 370 g/mol. The molecule has 0 radical (unpaired) electrons. The van der Waals surface area contributed by atoms with Crippen LogP contribution >= 0.6 is 0 Å². The number of carbonyl (C=O) groups is 1. The summed E-state index contributed by atoms with van der Waals surface area (Å²) in [5.74, 6) is 1.46.